The van der Waals surface area contributed by atoms with E-state index in [0.29, 0.717) is 13.1 Å². The fourth-order valence-corrected chi connectivity index (χ4v) is 1.94. The van der Waals surface area contributed by atoms with Crippen molar-refractivity contribution < 1.29 is 9.59 Å². The summed E-state index contributed by atoms with van der Waals surface area (Å²) in [4.78, 5) is 25.1. The number of hydrogen-bond donors (Lipinski definition) is 2. The third-order valence-electron chi connectivity index (χ3n) is 3.13. The normalized spacial score (nSPS) is 10.5. The second-order valence-electron chi connectivity index (χ2n) is 5.23. The van der Waals surface area contributed by atoms with Gasteiger partial charge in [-0.05, 0) is 31.5 Å². The minimum absolute atomic E-state index is 0.0387. The molecule has 0 heterocycles. The van der Waals surface area contributed by atoms with Gasteiger partial charge in [-0.2, -0.15) is 0 Å². The molecule has 0 radical (unpaired) electrons. The molecule has 0 spiro atoms. The molecule has 2 N–H and O–H groups in total. The van der Waals surface area contributed by atoms with Crippen LogP contribution in [0.2, 0.25) is 0 Å². The summed E-state index contributed by atoms with van der Waals surface area (Å²) in [6.07, 6.45) is 0.888. The predicted octanol–water partition coefficient (Wildman–Crippen LogP) is 1.07. The average molecular weight is 291 g/mol. The van der Waals surface area contributed by atoms with E-state index in [1.54, 1.807) is 0 Å². The number of aryl methyl sites for hydroxylation is 1. The third kappa shape index (κ3) is 6.90. The maximum atomic E-state index is 11.8. The zero-order valence-electron chi connectivity index (χ0n) is 13.1. The van der Waals surface area contributed by atoms with Crippen LogP contribution in [0.25, 0.3) is 0 Å². The number of carbonyl (C=O) groups is 2. The molecular formula is C16H25N3O2. The van der Waals surface area contributed by atoms with Crippen LogP contribution in [0.15, 0.2) is 24.3 Å². The van der Waals surface area contributed by atoms with Crippen molar-refractivity contribution >= 4 is 11.8 Å². The Kier molecular flexibility index (Phi) is 7.46. The molecule has 5 nitrogen and oxygen atoms in total. The Hall–Kier alpha value is -1.88. The molecule has 0 aliphatic heterocycles. The number of carbonyl (C=O) groups excluding carboxylic acids is 2. The van der Waals surface area contributed by atoms with Crippen molar-refractivity contribution in [2.24, 2.45) is 0 Å². The standard InChI is InChI=1S/C16H25N3O2/c1-4-9-17-15(20)10-18-16(21)12-19(3)11-14-8-6-5-7-13(14)2/h5-8H,4,9-12H2,1-3H3,(H,17,20)(H,18,21). The highest BCUT2D eigenvalue weighted by atomic mass is 16.2. The molecule has 0 aliphatic carbocycles. The first kappa shape index (κ1) is 17.2. The van der Waals surface area contributed by atoms with E-state index in [2.05, 4.69) is 29.7 Å². The van der Waals surface area contributed by atoms with Crippen molar-refractivity contribution in [3.63, 3.8) is 0 Å². The summed E-state index contributed by atoms with van der Waals surface area (Å²) in [6, 6.07) is 8.11. The summed E-state index contributed by atoms with van der Waals surface area (Å²) in [5.74, 6) is -0.288. The van der Waals surface area contributed by atoms with Gasteiger partial charge in [0.25, 0.3) is 0 Å². The summed E-state index contributed by atoms with van der Waals surface area (Å²) >= 11 is 0. The van der Waals surface area contributed by atoms with Crippen molar-refractivity contribution in [1.29, 1.82) is 0 Å². The van der Waals surface area contributed by atoms with Gasteiger partial charge >= 0.3 is 0 Å². The summed E-state index contributed by atoms with van der Waals surface area (Å²) < 4.78 is 0. The SMILES string of the molecule is CCCNC(=O)CNC(=O)CN(C)Cc1ccccc1C. The molecule has 0 saturated heterocycles. The smallest absolute Gasteiger partial charge is 0.239 e. The lowest BCUT2D eigenvalue weighted by Crippen LogP contribution is -2.41. The van der Waals surface area contributed by atoms with Crippen molar-refractivity contribution in [1.82, 2.24) is 15.5 Å². The van der Waals surface area contributed by atoms with Gasteiger partial charge in [0.1, 0.15) is 0 Å². The second kappa shape index (κ2) is 9.13. The van der Waals surface area contributed by atoms with E-state index >= 15 is 0 Å². The van der Waals surface area contributed by atoms with Gasteiger partial charge in [0.15, 0.2) is 0 Å². The van der Waals surface area contributed by atoms with Gasteiger partial charge in [-0.1, -0.05) is 31.2 Å². The molecule has 2 amide bonds. The summed E-state index contributed by atoms with van der Waals surface area (Å²) in [5, 5.41) is 5.35. The van der Waals surface area contributed by atoms with Crippen LogP contribution >= 0.6 is 0 Å². The molecule has 116 valence electrons. The van der Waals surface area contributed by atoms with Crippen LogP contribution in [0.5, 0.6) is 0 Å². The topological polar surface area (TPSA) is 61.4 Å². The zero-order valence-corrected chi connectivity index (χ0v) is 13.1. The Balaban J connectivity index is 2.31. The number of nitrogens with zero attached hydrogens (tertiary/aromatic N) is 1. The number of likely N-dealkylation sites (N-methyl/N-ethyl adjacent to an activating group) is 1. The maximum Gasteiger partial charge on any atom is 0.239 e. The minimum Gasteiger partial charge on any atom is -0.355 e. The molecule has 0 atom stereocenters. The Labute approximate surface area is 126 Å². The van der Waals surface area contributed by atoms with Gasteiger partial charge in [0, 0.05) is 13.1 Å². The van der Waals surface area contributed by atoms with Crippen LogP contribution in [-0.2, 0) is 16.1 Å². The van der Waals surface area contributed by atoms with E-state index in [0.717, 1.165) is 6.42 Å². The molecule has 0 saturated carbocycles. The van der Waals surface area contributed by atoms with Crippen LogP contribution in [-0.4, -0.2) is 43.4 Å². The van der Waals surface area contributed by atoms with E-state index < -0.39 is 0 Å². The molecule has 0 aromatic heterocycles. The average Bonchev–Trinajstić information content (AvgIpc) is 2.45. The van der Waals surface area contributed by atoms with E-state index in [-0.39, 0.29) is 24.9 Å². The van der Waals surface area contributed by atoms with Crippen LogP contribution in [0.4, 0.5) is 0 Å². The first-order chi connectivity index (χ1) is 10.0. The number of rotatable bonds is 8. The summed E-state index contributed by atoms with van der Waals surface area (Å²) in [5.41, 5.74) is 2.41. The first-order valence-corrected chi connectivity index (χ1v) is 7.29. The van der Waals surface area contributed by atoms with Gasteiger partial charge in [-0.3, -0.25) is 14.5 Å². The molecule has 21 heavy (non-hydrogen) atoms. The minimum atomic E-state index is -0.147. The first-order valence-electron chi connectivity index (χ1n) is 7.29. The van der Waals surface area contributed by atoms with Crippen LogP contribution in [0.3, 0.4) is 0 Å². The highest BCUT2D eigenvalue weighted by Gasteiger charge is 2.09. The fraction of sp³-hybridized carbons (Fsp3) is 0.500. The molecule has 1 aromatic carbocycles. The van der Waals surface area contributed by atoms with Crippen molar-refractivity contribution in [3.8, 4) is 0 Å². The van der Waals surface area contributed by atoms with Crippen LogP contribution in [0.1, 0.15) is 24.5 Å². The molecule has 0 fully saturated rings. The highest BCUT2D eigenvalue weighted by Crippen LogP contribution is 2.08. The Morgan fingerprint density at radius 3 is 2.52 bits per heavy atom. The molecule has 0 bridgehead atoms. The van der Waals surface area contributed by atoms with Crippen LogP contribution < -0.4 is 10.6 Å². The van der Waals surface area contributed by atoms with Crippen molar-refractivity contribution in [2.45, 2.75) is 26.8 Å². The molecule has 0 aliphatic rings. The number of hydrogen-bond acceptors (Lipinski definition) is 3. The lowest BCUT2D eigenvalue weighted by atomic mass is 10.1. The third-order valence-corrected chi connectivity index (χ3v) is 3.13. The molecule has 0 unspecified atom stereocenters. The van der Waals surface area contributed by atoms with Crippen molar-refractivity contribution in [3.05, 3.63) is 35.4 Å². The predicted molar refractivity (Wildman–Crippen MR) is 83.8 cm³/mol. The number of nitrogens with one attached hydrogen (secondary N) is 2. The Bertz CT molecular complexity index is 474. The van der Waals surface area contributed by atoms with Crippen molar-refractivity contribution in [2.75, 3.05) is 26.7 Å². The van der Waals surface area contributed by atoms with E-state index in [1.807, 2.05) is 31.0 Å². The van der Waals surface area contributed by atoms with Gasteiger partial charge in [-0.25, -0.2) is 0 Å². The van der Waals surface area contributed by atoms with Gasteiger partial charge < -0.3 is 10.6 Å². The monoisotopic (exact) mass is 291 g/mol. The van der Waals surface area contributed by atoms with Gasteiger partial charge in [0.05, 0.1) is 13.1 Å². The molecule has 5 heteroatoms. The van der Waals surface area contributed by atoms with E-state index in [4.69, 9.17) is 0 Å². The molecular weight excluding hydrogens is 266 g/mol. The van der Waals surface area contributed by atoms with Crippen LogP contribution in [0, 0.1) is 6.92 Å². The number of amides is 2. The molecule has 1 rings (SSSR count). The fourth-order valence-electron chi connectivity index (χ4n) is 1.94. The maximum absolute atomic E-state index is 11.8. The summed E-state index contributed by atoms with van der Waals surface area (Å²) in [7, 11) is 1.89. The van der Waals surface area contributed by atoms with Gasteiger partial charge in [0.2, 0.25) is 11.8 Å². The largest absolute Gasteiger partial charge is 0.355 e. The molecule has 1 aromatic rings. The zero-order chi connectivity index (χ0) is 15.7. The lowest BCUT2D eigenvalue weighted by Gasteiger charge is -2.17. The van der Waals surface area contributed by atoms with Gasteiger partial charge in [-0.15, -0.1) is 0 Å². The lowest BCUT2D eigenvalue weighted by molar-refractivity contribution is -0.126. The highest BCUT2D eigenvalue weighted by molar-refractivity contribution is 5.85. The van der Waals surface area contributed by atoms with E-state index in [1.165, 1.54) is 11.1 Å². The Morgan fingerprint density at radius 1 is 1.14 bits per heavy atom. The Morgan fingerprint density at radius 2 is 1.86 bits per heavy atom. The number of benzene rings is 1. The summed E-state index contributed by atoms with van der Waals surface area (Å²) in [6.45, 7) is 5.71. The van der Waals surface area contributed by atoms with E-state index in [9.17, 15) is 9.59 Å². The second-order valence-corrected chi connectivity index (χ2v) is 5.23. The quantitative estimate of drug-likeness (QED) is 0.753.